The first-order chi connectivity index (χ1) is 30.9. The maximum atomic E-state index is 14.1. The van der Waals surface area contributed by atoms with Crippen molar-refractivity contribution in [2.75, 3.05) is 49.7 Å². The number of nitrogens with zero attached hydrogens (tertiary/aromatic N) is 4. The Morgan fingerprint density at radius 3 is 2.59 bits per heavy atom. The van der Waals surface area contributed by atoms with Crippen molar-refractivity contribution in [3.8, 4) is 17.2 Å². The van der Waals surface area contributed by atoms with Crippen LogP contribution in [0.1, 0.15) is 85.8 Å². The minimum Gasteiger partial charge on any atom is -0.489 e. The zero-order valence-electron chi connectivity index (χ0n) is 35.9. The molecule has 0 bridgehead atoms. The molecule has 10 rings (SSSR count). The number of aromatic nitrogens is 2. The van der Waals surface area contributed by atoms with Gasteiger partial charge in [0.15, 0.2) is 11.4 Å². The number of anilines is 2. The molecular formula is C48H53N7O8S. The van der Waals surface area contributed by atoms with Gasteiger partial charge in [-0.2, -0.15) is 0 Å². The highest BCUT2D eigenvalue weighted by Crippen LogP contribution is 2.54. The van der Waals surface area contributed by atoms with Crippen molar-refractivity contribution in [2.24, 2.45) is 11.3 Å². The number of aromatic amines is 1. The number of fused-ring (bicyclic) bond motifs is 2. The maximum Gasteiger partial charge on any atom is 0.297 e. The predicted molar refractivity (Wildman–Crippen MR) is 244 cm³/mol. The topological polar surface area (TPSA) is 181 Å². The molecule has 1 saturated carbocycles. The fraction of sp³-hybridized carbons (Fsp3) is 0.417. The van der Waals surface area contributed by atoms with Gasteiger partial charge in [0.2, 0.25) is 0 Å². The summed E-state index contributed by atoms with van der Waals surface area (Å²) in [5.74, 6) is -0.250. The molecule has 4 aliphatic heterocycles. The molecule has 3 saturated heterocycles. The normalized spacial score (nSPS) is 21.4. The number of pyridine rings is 1. The molecule has 15 nitrogen and oxygen atoms in total. The van der Waals surface area contributed by atoms with E-state index in [0.29, 0.717) is 36.7 Å². The van der Waals surface area contributed by atoms with Gasteiger partial charge in [0.25, 0.3) is 21.6 Å². The number of allylic oxidation sites excluding steroid dienone is 1. The summed E-state index contributed by atoms with van der Waals surface area (Å²) in [4.78, 5) is 37.8. The number of amides is 1. The third-order valence-corrected chi connectivity index (χ3v) is 15.6. The summed E-state index contributed by atoms with van der Waals surface area (Å²) in [6.45, 7) is 10.5. The van der Waals surface area contributed by atoms with Crippen LogP contribution in [0, 0.1) is 21.4 Å². The second-order valence-electron chi connectivity index (χ2n) is 18.2. The third kappa shape index (κ3) is 8.07. The Balaban J connectivity index is 0.862. The quantitative estimate of drug-likeness (QED) is 0.0850. The number of benzene rings is 3. The number of carbonyl (C=O) groups excluding carboxylic acids is 1. The largest absolute Gasteiger partial charge is 0.489 e. The smallest absolute Gasteiger partial charge is 0.297 e. The summed E-state index contributed by atoms with van der Waals surface area (Å²) in [6, 6.07) is 20.5. The minimum atomic E-state index is -4.64. The Hall–Kier alpha value is -5.97. The lowest BCUT2D eigenvalue weighted by molar-refractivity contribution is -0.384. The number of hydrogen-bond donors (Lipinski definition) is 3. The van der Waals surface area contributed by atoms with Gasteiger partial charge in [0.05, 0.1) is 27.6 Å². The number of sulfonamides is 1. The lowest BCUT2D eigenvalue weighted by atomic mass is 9.59. The Kier molecular flexibility index (Phi) is 11.1. The molecule has 64 heavy (non-hydrogen) atoms. The van der Waals surface area contributed by atoms with Gasteiger partial charge in [-0.25, -0.2) is 18.1 Å². The van der Waals surface area contributed by atoms with Crippen LogP contribution < -0.4 is 24.4 Å². The second-order valence-corrected chi connectivity index (χ2v) is 19.9. The number of nitrogens with one attached hydrogen (secondary N) is 3. The Morgan fingerprint density at radius 2 is 1.81 bits per heavy atom. The van der Waals surface area contributed by atoms with Gasteiger partial charge >= 0.3 is 0 Å². The summed E-state index contributed by atoms with van der Waals surface area (Å²) in [6.07, 6.45) is 11.7. The molecule has 5 aromatic rings. The number of ether oxygens (including phenoxy) is 3. The van der Waals surface area contributed by atoms with Crippen LogP contribution in [0.2, 0.25) is 0 Å². The second kappa shape index (κ2) is 16.9. The van der Waals surface area contributed by atoms with Gasteiger partial charge in [-0.05, 0) is 112 Å². The molecule has 1 spiro atoms. The van der Waals surface area contributed by atoms with E-state index in [1.807, 2.05) is 12.1 Å². The van der Waals surface area contributed by atoms with E-state index in [9.17, 15) is 23.3 Å². The zero-order chi connectivity index (χ0) is 44.2. The van der Waals surface area contributed by atoms with E-state index >= 15 is 0 Å². The van der Waals surface area contributed by atoms with E-state index in [2.05, 4.69) is 67.6 Å². The first kappa shape index (κ1) is 42.0. The molecular weight excluding hydrogens is 835 g/mol. The van der Waals surface area contributed by atoms with Gasteiger partial charge in [-0.3, -0.25) is 19.8 Å². The van der Waals surface area contributed by atoms with Gasteiger partial charge in [-0.15, -0.1) is 0 Å². The van der Waals surface area contributed by atoms with E-state index in [1.54, 1.807) is 24.4 Å². The van der Waals surface area contributed by atoms with Crippen molar-refractivity contribution in [3.63, 3.8) is 0 Å². The highest BCUT2D eigenvalue weighted by molar-refractivity contribution is 7.90. The highest BCUT2D eigenvalue weighted by atomic mass is 32.2. The number of hydrogen-bond acceptors (Lipinski definition) is 12. The van der Waals surface area contributed by atoms with E-state index in [4.69, 9.17) is 14.2 Å². The predicted octanol–water partition coefficient (Wildman–Crippen LogP) is 8.60. The number of nitro groups is 1. The van der Waals surface area contributed by atoms with E-state index in [1.165, 1.54) is 49.1 Å². The van der Waals surface area contributed by atoms with Crippen LogP contribution in [-0.2, 0) is 14.8 Å². The van der Waals surface area contributed by atoms with Crippen molar-refractivity contribution in [1.29, 1.82) is 0 Å². The Morgan fingerprint density at radius 1 is 1.02 bits per heavy atom. The fourth-order valence-electron chi connectivity index (χ4n) is 10.8. The first-order valence-corrected chi connectivity index (χ1v) is 23.8. The number of nitro benzene ring substituents is 1. The molecule has 334 valence electrons. The number of H-pyrrole nitrogens is 1. The molecule has 2 unspecified atom stereocenters. The summed E-state index contributed by atoms with van der Waals surface area (Å²) >= 11 is 0. The SMILES string of the molecule is C=C(C)c1ccccc1C1CCCN1C1CC2(CCN(c3ccc(C(=O)NS(=O)(=O)c4cc5c(c([N+](=O)[O-])c4)NC(C4CCOCC4)CO5)c(Oc4cnc5[nH]ccc5c4)c3)CC2)C1. The van der Waals surface area contributed by atoms with Crippen LogP contribution in [0.4, 0.5) is 17.1 Å². The molecule has 6 heterocycles. The summed E-state index contributed by atoms with van der Waals surface area (Å²) < 4.78 is 47.8. The molecule has 5 aliphatic rings. The van der Waals surface area contributed by atoms with Crippen molar-refractivity contribution in [3.05, 3.63) is 113 Å². The minimum absolute atomic E-state index is 0.0247. The van der Waals surface area contributed by atoms with E-state index in [-0.39, 0.29) is 46.7 Å². The van der Waals surface area contributed by atoms with Crippen LogP contribution in [-0.4, -0.2) is 85.7 Å². The van der Waals surface area contributed by atoms with E-state index in [0.717, 1.165) is 68.0 Å². The molecule has 3 N–H and O–H groups in total. The molecule has 1 aliphatic carbocycles. The number of likely N-dealkylation sites (tertiary alicyclic amines) is 1. The van der Waals surface area contributed by atoms with Crippen molar-refractivity contribution < 1.29 is 32.3 Å². The van der Waals surface area contributed by atoms with E-state index < -0.39 is 31.4 Å². The molecule has 1 amide bonds. The number of carbonyl (C=O) groups is 1. The third-order valence-electron chi connectivity index (χ3n) is 14.3. The summed E-state index contributed by atoms with van der Waals surface area (Å²) in [5.41, 5.74) is 5.19. The maximum absolute atomic E-state index is 14.1. The molecule has 3 aromatic carbocycles. The van der Waals surface area contributed by atoms with Crippen LogP contribution in [0.25, 0.3) is 16.6 Å². The Bertz CT molecular complexity index is 2740. The average molecular weight is 888 g/mol. The van der Waals surface area contributed by atoms with Crippen LogP contribution in [0.15, 0.2) is 90.6 Å². The summed E-state index contributed by atoms with van der Waals surface area (Å²) in [5, 5.41) is 16.3. The van der Waals surface area contributed by atoms with Crippen molar-refractivity contribution in [1.82, 2.24) is 19.6 Å². The number of rotatable bonds is 11. The average Bonchev–Trinajstić information content (AvgIpc) is 3.98. The molecule has 4 fully saturated rings. The van der Waals surface area contributed by atoms with Crippen LogP contribution in [0.3, 0.4) is 0 Å². The summed E-state index contributed by atoms with van der Waals surface area (Å²) in [7, 11) is -4.64. The Labute approximate surface area is 372 Å². The lowest BCUT2D eigenvalue weighted by Gasteiger charge is -2.56. The van der Waals surface area contributed by atoms with Gasteiger partial charge < -0.3 is 29.4 Å². The van der Waals surface area contributed by atoms with Crippen molar-refractivity contribution in [2.45, 2.75) is 81.3 Å². The van der Waals surface area contributed by atoms with Gasteiger partial charge in [0.1, 0.15) is 23.8 Å². The molecule has 0 radical (unpaired) electrons. The monoisotopic (exact) mass is 887 g/mol. The standard InChI is InChI=1S/C48H53N7O8S/c1-30(2)37-6-3-4-7-38(37)41-8-5-17-54(41)34-26-48(27-34)14-18-53(19-15-48)33-9-10-39(43(23-33)63-35-22-32-11-16-49-46(32)50-28-35)47(56)52-64(59,60)36-24-42(55(57)58)45-44(25-36)62-29-40(51-45)31-12-20-61-21-13-31/h3-4,6-7,9-11,16,22-25,28,31,34,40-41,51H,1,5,8,12-15,17-21,26-27,29H2,2H3,(H,49,50)(H,52,56). The van der Waals surface area contributed by atoms with Crippen LogP contribution >= 0.6 is 0 Å². The molecule has 2 atom stereocenters. The van der Waals surface area contributed by atoms with Gasteiger partial charge in [0, 0.05) is 73.9 Å². The van der Waals surface area contributed by atoms with Crippen LogP contribution in [0.5, 0.6) is 17.2 Å². The van der Waals surface area contributed by atoms with Crippen molar-refractivity contribution >= 4 is 49.6 Å². The lowest BCUT2D eigenvalue weighted by Crippen LogP contribution is -2.54. The fourth-order valence-corrected chi connectivity index (χ4v) is 11.8. The molecule has 16 heteroatoms. The molecule has 2 aromatic heterocycles. The van der Waals surface area contributed by atoms with Gasteiger partial charge in [-0.1, -0.05) is 36.4 Å². The number of piperidine rings is 1. The zero-order valence-corrected chi connectivity index (χ0v) is 36.7. The highest BCUT2D eigenvalue weighted by Gasteiger charge is 2.50. The first-order valence-electron chi connectivity index (χ1n) is 22.3.